The molecule has 0 aromatic carbocycles. The first kappa shape index (κ1) is 18.2. The van der Waals surface area contributed by atoms with E-state index in [-0.39, 0.29) is 30.3 Å². The van der Waals surface area contributed by atoms with Gasteiger partial charge in [0.15, 0.2) is 0 Å². The molecule has 0 aromatic heterocycles. The fourth-order valence-electron chi connectivity index (χ4n) is 3.34. The summed E-state index contributed by atoms with van der Waals surface area (Å²) in [7, 11) is 0. The highest BCUT2D eigenvalue weighted by Crippen LogP contribution is 2.24. The number of piperazine rings is 1. The van der Waals surface area contributed by atoms with Crippen LogP contribution in [0.25, 0.3) is 0 Å². The number of hydrogen-bond donors (Lipinski definition) is 2. The van der Waals surface area contributed by atoms with E-state index in [0.717, 1.165) is 13.1 Å². The van der Waals surface area contributed by atoms with Crippen molar-refractivity contribution in [2.75, 3.05) is 26.2 Å². The quantitative estimate of drug-likeness (QED) is 0.818. The lowest BCUT2D eigenvalue weighted by atomic mass is 9.85. The van der Waals surface area contributed by atoms with Gasteiger partial charge in [-0.2, -0.15) is 0 Å². The van der Waals surface area contributed by atoms with Gasteiger partial charge in [-0.05, 0) is 44.2 Å². The Morgan fingerprint density at radius 2 is 2.19 bits per heavy atom. The molecule has 2 aliphatic rings. The van der Waals surface area contributed by atoms with Crippen LogP contribution in [0.4, 0.5) is 0 Å². The molecule has 2 rings (SSSR count). The molecule has 6 heteroatoms. The maximum Gasteiger partial charge on any atom is 0.242 e. The van der Waals surface area contributed by atoms with E-state index in [1.54, 1.807) is 4.90 Å². The zero-order valence-corrected chi connectivity index (χ0v) is 13.9. The number of piperidine rings is 1. The van der Waals surface area contributed by atoms with Crippen LogP contribution in [-0.2, 0) is 9.59 Å². The average molecular weight is 318 g/mol. The van der Waals surface area contributed by atoms with E-state index in [1.807, 2.05) is 6.92 Å². The minimum Gasteiger partial charge on any atom is -0.353 e. The molecule has 0 radical (unpaired) electrons. The first-order valence-corrected chi connectivity index (χ1v) is 7.91. The summed E-state index contributed by atoms with van der Waals surface area (Å²) in [5, 5.41) is 6.25. The monoisotopic (exact) mass is 317 g/mol. The molecule has 2 heterocycles. The average Bonchev–Trinajstić information content (AvgIpc) is 2.47. The van der Waals surface area contributed by atoms with Crippen LogP contribution < -0.4 is 10.6 Å². The molecule has 2 aliphatic heterocycles. The van der Waals surface area contributed by atoms with Crippen molar-refractivity contribution in [3.63, 3.8) is 0 Å². The Balaban J connectivity index is 0.00000220. The van der Waals surface area contributed by atoms with Crippen molar-refractivity contribution in [3.05, 3.63) is 0 Å². The Labute approximate surface area is 133 Å². The minimum atomic E-state index is -0.270. The number of carbonyl (C=O) groups is 2. The maximum atomic E-state index is 12.5. The summed E-state index contributed by atoms with van der Waals surface area (Å²) in [6, 6.07) is -0.270. The second kappa shape index (κ2) is 8.59. The molecule has 3 atom stereocenters. The van der Waals surface area contributed by atoms with Crippen LogP contribution in [0.2, 0.25) is 0 Å². The second-order valence-electron chi connectivity index (χ2n) is 6.09. The molecule has 2 amide bonds. The molecule has 122 valence electrons. The normalized spacial score (nSPS) is 27.5. The third kappa shape index (κ3) is 4.58. The number of nitrogens with one attached hydrogen (secondary N) is 2. The van der Waals surface area contributed by atoms with E-state index < -0.39 is 0 Å². The number of carbonyl (C=O) groups excluding carboxylic acids is 2. The van der Waals surface area contributed by atoms with Gasteiger partial charge in [0.2, 0.25) is 11.8 Å². The zero-order valence-electron chi connectivity index (χ0n) is 13.1. The van der Waals surface area contributed by atoms with Gasteiger partial charge >= 0.3 is 0 Å². The largest absolute Gasteiger partial charge is 0.353 e. The first-order valence-electron chi connectivity index (χ1n) is 7.91. The van der Waals surface area contributed by atoms with Crippen LogP contribution in [0.15, 0.2) is 0 Å². The van der Waals surface area contributed by atoms with Crippen LogP contribution in [0.1, 0.15) is 39.5 Å². The fourth-order valence-corrected chi connectivity index (χ4v) is 3.34. The SMILES string of the molecule is CCC1C(=O)NCCN1C(=O)CC(C)C1CCCNC1.Cl. The summed E-state index contributed by atoms with van der Waals surface area (Å²) in [6.07, 6.45) is 3.67. The van der Waals surface area contributed by atoms with Gasteiger partial charge in [-0.25, -0.2) is 0 Å². The molecule has 0 spiro atoms. The van der Waals surface area contributed by atoms with Gasteiger partial charge in [-0.3, -0.25) is 9.59 Å². The number of amides is 2. The highest BCUT2D eigenvalue weighted by atomic mass is 35.5. The summed E-state index contributed by atoms with van der Waals surface area (Å²) in [5.74, 6) is 1.12. The minimum absolute atomic E-state index is 0. The molecule has 2 saturated heterocycles. The molecule has 0 aromatic rings. The van der Waals surface area contributed by atoms with Gasteiger partial charge in [0.25, 0.3) is 0 Å². The van der Waals surface area contributed by atoms with Crippen LogP contribution >= 0.6 is 12.4 Å². The van der Waals surface area contributed by atoms with Crippen molar-refractivity contribution in [2.45, 2.75) is 45.6 Å². The van der Waals surface area contributed by atoms with Gasteiger partial charge < -0.3 is 15.5 Å². The van der Waals surface area contributed by atoms with Gasteiger partial charge in [-0.15, -0.1) is 12.4 Å². The Hall–Kier alpha value is -0.810. The van der Waals surface area contributed by atoms with Crippen molar-refractivity contribution in [3.8, 4) is 0 Å². The Morgan fingerprint density at radius 3 is 2.81 bits per heavy atom. The topological polar surface area (TPSA) is 61.4 Å². The van der Waals surface area contributed by atoms with Crippen molar-refractivity contribution in [2.24, 2.45) is 11.8 Å². The van der Waals surface area contributed by atoms with Crippen molar-refractivity contribution in [1.29, 1.82) is 0 Å². The molecular weight excluding hydrogens is 290 g/mol. The standard InChI is InChI=1S/C15H27N3O2.ClH/c1-3-13-15(20)17-7-8-18(13)14(19)9-11(2)12-5-4-6-16-10-12;/h11-13,16H,3-10H2,1-2H3,(H,17,20);1H. The fraction of sp³-hybridized carbons (Fsp3) is 0.867. The Kier molecular flexibility index (Phi) is 7.46. The summed E-state index contributed by atoms with van der Waals surface area (Å²) >= 11 is 0. The summed E-state index contributed by atoms with van der Waals surface area (Å²) in [4.78, 5) is 26.1. The van der Waals surface area contributed by atoms with Gasteiger partial charge in [0.1, 0.15) is 6.04 Å². The van der Waals surface area contributed by atoms with Crippen LogP contribution in [0.3, 0.4) is 0 Å². The van der Waals surface area contributed by atoms with Crippen LogP contribution in [0.5, 0.6) is 0 Å². The van der Waals surface area contributed by atoms with Gasteiger partial charge in [0, 0.05) is 19.5 Å². The van der Waals surface area contributed by atoms with E-state index >= 15 is 0 Å². The Morgan fingerprint density at radius 1 is 1.43 bits per heavy atom. The number of nitrogens with zero attached hydrogens (tertiary/aromatic N) is 1. The smallest absolute Gasteiger partial charge is 0.242 e. The molecule has 3 unspecified atom stereocenters. The van der Waals surface area contributed by atoms with Crippen LogP contribution in [0, 0.1) is 11.8 Å². The second-order valence-corrected chi connectivity index (χ2v) is 6.09. The Bertz CT molecular complexity index is 359. The summed E-state index contributed by atoms with van der Waals surface area (Å²) in [6.45, 7) is 7.48. The molecule has 2 N–H and O–H groups in total. The summed E-state index contributed by atoms with van der Waals surface area (Å²) < 4.78 is 0. The van der Waals surface area contributed by atoms with E-state index in [0.29, 0.717) is 37.8 Å². The van der Waals surface area contributed by atoms with E-state index in [9.17, 15) is 9.59 Å². The molecule has 21 heavy (non-hydrogen) atoms. The van der Waals surface area contributed by atoms with Crippen molar-refractivity contribution in [1.82, 2.24) is 15.5 Å². The van der Waals surface area contributed by atoms with Crippen molar-refractivity contribution >= 4 is 24.2 Å². The van der Waals surface area contributed by atoms with Gasteiger partial charge in [-0.1, -0.05) is 13.8 Å². The van der Waals surface area contributed by atoms with E-state index in [2.05, 4.69) is 17.6 Å². The summed E-state index contributed by atoms with van der Waals surface area (Å²) in [5.41, 5.74) is 0. The van der Waals surface area contributed by atoms with Crippen LogP contribution in [-0.4, -0.2) is 48.9 Å². The highest BCUT2D eigenvalue weighted by molar-refractivity contribution is 5.88. The zero-order chi connectivity index (χ0) is 14.5. The highest BCUT2D eigenvalue weighted by Gasteiger charge is 2.33. The third-order valence-electron chi connectivity index (χ3n) is 4.67. The van der Waals surface area contributed by atoms with Gasteiger partial charge in [0.05, 0.1) is 0 Å². The van der Waals surface area contributed by atoms with E-state index in [1.165, 1.54) is 12.8 Å². The lowest BCUT2D eigenvalue weighted by Gasteiger charge is -2.36. The lowest BCUT2D eigenvalue weighted by molar-refractivity contribution is -0.144. The number of hydrogen-bond acceptors (Lipinski definition) is 3. The molecule has 0 bridgehead atoms. The molecule has 5 nitrogen and oxygen atoms in total. The molecular formula is C15H28ClN3O2. The van der Waals surface area contributed by atoms with E-state index in [4.69, 9.17) is 0 Å². The predicted octanol–water partition coefficient (Wildman–Crippen LogP) is 1.17. The number of halogens is 1. The van der Waals surface area contributed by atoms with Crippen molar-refractivity contribution < 1.29 is 9.59 Å². The first-order chi connectivity index (χ1) is 9.63. The lowest BCUT2D eigenvalue weighted by Crippen LogP contribution is -2.57. The third-order valence-corrected chi connectivity index (χ3v) is 4.67. The number of rotatable bonds is 4. The molecule has 0 aliphatic carbocycles. The predicted molar refractivity (Wildman–Crippen MR) is 85.4 cm³/mol. The maximum absolute atomic E-state index is 12.5. The molecule has 0 saturated carbocycles. The molecule has 2 fully saturated rings.